The fraction of sp³-hybridized carbons (Fsp3) is 0.385. The molecule has 18 heavy (non-hydrogen) atoms. The minimum atomic E-state index is -0.214. The molecular formula is C13H15BrN2O2. The molecule has 0 atom stereocenters. The van der Waals surface area contributed by atoms with E-state index < -0.39 is 0 Å². The molecule has 0 spiro atoms. The number of halogens is 1. The number of hydrogen-bond acceptors (Lipinski definition) is 2. The van der Waals surface area contributed by atoms with Crippen LogP contribution in [0.3, 0.4) is 0 Å². The molecule has 0 saturated heterocycles. The van der Waals surface area contributed by atoms with Crippen LogP contribution in [0.5, 0.6) is 0 Å². The highest BCUT2D eigenvalue weighted by atomic mass is 79.9. The van der Waals surface area contributed by atoms with Crippen molar-refractivity contribution in [3.8, 4) is 0 Å². The maximum atomic E-state index is 11.7. The molecule has 2 N–H and O–H groups in total. The molecule has 0 radical (unpaired) electrons. The Bertz CT molecular complexity index is 484. The Morgan fingerprint density at radius 1 is 1.39 bits per heavy atom. The quantitative estimate of drug-likeness (QED) is 0.896. The van der Waals surface area contributed by atoms with Crippen molar-refractivity contribution < 1.29 is 9.59 Å². The Labute approximate surface area is 114 Å². The molecule has 96 valence electrons. The Morgan fingerprint density at radius 3 is 2.72 bits per heavy atom. The van der Waals surface area contributed by atoms with Gasteiger partial charge in [-0.2, -0.15) is 0 Å². The van der Waals surface area contributed by atoms with Gasteiger partial charge < -0.3 is 10.6 Å². The van der Waals surface area contributed by atoms with Crippen LogP contribution in [0, 0.1) is 12.8 Å². The van der Waals surface area contributed by atoms with Gasteiger partial charge in [0.05, 0.1) is 12.2 Å². The van der Waals surface area contributed by atoms with E-state index in [0.29, 0.717) is 5.69 Å². The maximum Gasteiger partial charge on any atom is 0.243 e. The van der Waals surface area contributed by atoms with Gasteiger partial charge >= 0.3 is 0 Å². The molecule has 2 amide bonds. The van der Waals surface area contributed by atoms with Crippen molar-refractivity contribution in [3.05, 3.63) is 28.2 Å². The smallest absolute Gasteiger partial charge is 0.243 e. The summed E-state index contributed by atoms with van der Waals surface area (Å²) < 4.78 is 0.837. The first-order valence-electron chi connectivity index (χ1n) is 5.90. The predicted molar refractivity (Wildman–Crippen MR) is 73.2 cm³/mol. The largest absolute Gasteiger partial charge is 0.347 e. The highest BCUT2D eigenvalue weighted by molar-refractivity contribution is 9.10. The van der Waals surface area contributed by atoms with Gasteiger partial charge in [-0.1, -0.05) is 6.07 Å². The van der Waals surface area contributed by atoms with Gasteiger partial charge in [-0.3, -0.25) is 9.59 Å². The monoisotopic (exact) mass is 310 g/mol. The second kappa shape index (κ2) is 5.52. The number of benzene rings is 1. The molecule has 4 nitrogen and oxygen atoms in total. The lowest BCUT2D eigenvalue weighted by atomic mass is 10.2. The van der Waals surface area contributed by atoms with Gasteiger partial charge in [-0.15, -0.1) is 0 Å². The fourth-order valence-corrected chi connectivity index (χ4v) is 2.17. The standard InChI is InChI=1S/C13H15BrN2O2/c1-8-2-5-11(10(14)6-8)16-12(17)7-15-13(18)9-3-4-9/h2,5-6,9H,3-4,7H2,1H3,(H,15,18)(H,16,17). The highest BCUT2D eigenvalue weighted by Crippen LogP contribution is 2.28. The van der Waals surface area contributed by atoms with Crippen LogP contribution < -0.4 is 10.6 Å². The van der Waals surface area contributed by atoms with Gasteiger partial charge in [-0.25, -0.2) is 0 Å². The van der Waals surface area contributed by atoms with Gasteiger partial charge in [0.2, 0.25) is 11.8 Å². The van der Waals surface area contributed by atoms with E-state index in [4.69, 9.17) is 0 Å². The van der Waals surface area contributed by atoms with E-state index in [-0.39, 0.29) is 24.3 Å². The molecule has 1 aromatic rings. The summed E-state index contributed by atoms with van der Waals surface area (Å²) in [6, 6.07) is 5.68. The number of carbonyl (C=O) groups is 2. The van der Waals surface area contributed by atoms with E-state index in [9.17, 15) is 9.59 Å². The summed E-state index contributed by atoms with van der Waals surface area (Å²) in [5.41, 5.74) is 1.83. The Hall–Kier alpha value is -1.36. The number of amides is 2. The number of carbonyl (C=O) groups excluding carboxylic acids is 2. The number of nitrogens with one attached hydrogen (secondary N) is 2. The Balaban J connectivity index is 1.84. The lowest BCUT2D eigenvalue weighted by molar-refractivity contribution is -0.125. The summed E-state index contributed by atoms with van der Waals surface area (Å²) in [4.78, 5) is 23.0. The normalized spacial score (nSPS) is 14.1. The molecule has 1 saturated carbocycles. The second-order valence-electron chi connectivity index (χ2n) is 4.52. The molecule has 0 aliphatic heterocycles. The molecule has 0 heterocycles. The van der Waals surface area contributed by atoms with Crippen molar-refractivity contribution in [2.75, 3.05) is 11.9 Å². The van der Waals surface area contributed by atoms with Crippen LogP contribution in [-0.2, 0) is 9.59 Å². The molecule has 2 rings (SSSR count). The number of rotatable bonds is 4. The van der Waals surface area contributed by atoms with Crippen molar-refractivity contribution in [1.82, 2.24) is 5.32 Å². The third kappa shape index (κ3) is 3.57. The summed E-state index contributed by atoms with van der Waals surface area (Å²) in [5.74, 6) is -0.106. The van der Waals surface area contributed by atoms with Crippen molar-refractivity contribution in [2.24, 2.45) is 5.92 Å². The van der Waals surface area contributed by atoms with Crippen molar-refractivity contribution in [1.29, 1.82) is 0 Å². The minimum Gasteiger partial charge on any atom is -0.347 e. The summed E-state index contributed by atoms with van der Waals surface area (Å²) in [6.07, 6.45) is 1.88. The molecule has 0 bridgehead atoms. The summed E-state index contributed by atoms with van der Waals surface area (Å²) in [7, 11) is 0. The zero-order valence-electron chi connectivity index (χ0n) is 10.1. The van der Waals surface area contributed by atoms with Gasteiger partial charge in [0.25, 0.3) is 0 Å². The Morgan fingerprint density at radius 2 is 2.11 bits per heavy atom. The van der Waals surface area contributed by atoms with Crippen LogP contribution in [0.25, 0.3) is 0 Å². The summed E-state index contributed by atoms with van der Waals surface area (Å²) in [6.45, 7) is 2.00. The van der Waals surface area contributed by atoms with Gasteiger partial charge in [0.1, 0.15) is 0 Å². The maximum absolute atomic E-state index is 11.7. The first-order chi connectivity index (χ1) is 8.56. The lowest BCUT2D eigenvalue weighted by Gasteiger charge is -2.08. The zero-order valence-corrected chi connectivity index (χ0v) is 11.7. The van der Waals surface area contributed by atoms with E-state index in [2.05, 4.69) is 26.6 Å². The van der Waals surface area contributed by atoms with Gasteiger partial charge in [0.15, 0.2) is 0 Å². The molecule has 1 aromatic carbocycles. The fourth-order valence-electron chi connectivity index (χ4n) is 1.57. The van der Waals surface area contributed by atoms with Crippen molar-refractivity contribution >= 4 is 33.4 Å². The third-order valence-corrected chi connectivity index (χ3v) is 3.43. The SMILES string of the molecule is Cc1ccc(NC(=O)CNC(=O)C2CC2)c(Br)c1. The zero-order chi connectivity index (χ0) is 13.1. The van der Waals surface area contributed by atoms with Crippen LogP contribution in [-0.4, -0.2) is 18.4 Å². The summed E-state index contributed by atoms with van der Waals surface area (Å²) >= 11 is 3.39. The average molecular weight is 311 g/mol. The molecule has 1 aliphatic rings. The van der Waals surface area contributed by atoms with E-state index in [1.54, 1.807) is 0 Å². The van der Waals surface area contributed by atoms with Crippen molar-refractivity contribution in [2.45, 2.75) is 19.8 Å². The average Bonchev–Trinajstić information content (AvgIpc) is 3.14. The second-order valence-corrected chi connectivity index (χ2v) is 5.38. The third-order valence-electron chi connectivity index (χ3n) is 2.77. The van der Waals surface area contributed by atoms with Crippen LogP contribution in [0.4, 0.5) is 5.69 Å². The van der Waals surface area contributed by atoms with Crippen LogP contribution in [0.15, 0.2) is 22.7 Å². The molecule has 5 heteroatoms. The molecule has 1 fully saturated rings. The number of aryl methyl sites for hydroxylation is 1. The van der Waals surface area contributed by atoms with E-state index in [1.807, 2.05) is 25.1 Å². The molecular weight excluding hydrogens is 296 g/mol. The first-order valence-corrected chi connectivity index (χ1v) is 6.69. The van der Waals surface area contributed by atoms with E-state index in [0.717, 1.165) is 22.9 Å². The Kier molecular flexibility index (Phi) is 4.01. The first kappa shape index (κ1) is 13.1. The topological polar surface area (TPSA) is 58.2 Å². The summed E-state index contributed by atoms with van der Waals surface area (Å²) in [5, 5.41) is 5.38. The van der Waals surface area contributed by atoms with Crippen molar-refractivity contribution in [3.63, 3.8) is 0 Å². The lowest BCUT2D eigenvalue weighted by Crippen LogP contribution is -2.33. The minimum absolute atomic E-state index is 0.0203. The number of anilines is 1. The molecule has 1 aliphatic carbocycles. The van der Waals surface area contributed by atoms with Crippen LogP contribution in [0.1, 0.15) is 18.4 Å². The molecule has 0 unspecified atom stereocenters. The van der Waals surface area contributed by atoms with Crippen LogP contribution >= 0.6 is 15.9 Å². The highest BCUT2D eigenvalue weighted by Gasteiger charge is 2.29. The van der Waals surface area contributed by atoms with Gasteiger partial charge in [0, 0.05) is 10.4 Å². The van der Waals surface area contributed by atoms with E-state index in [1.165, 1.54) is 0 Å². The number of hydrogen-bond donors (Lipinski definition) is 2. The van der Waals surface area contributed by atoms with Gasteiger partial charge in [-0.05, 0) is 53.4 Å². The predicted octanol–water partition coefficient (Wildman–Crippen LogP) is 2.22. The van der Waals surface area contributed by atoms with Crippen LogP contribution in [0.2, 0.25) is 0 Å². The van der Waals surface area contributed by atoms with E-state index >= 15 is 0 Å². The molecule has 0 aromatic heterocycles.